The lowest BCUT2D eigenvalue weighted by molar-refractivity contribution is 0.297. The van der Waals surface area contributed by atoms with Crippen LogP contribution < -0.4 is 4.74 Å². The van der Waals surface area contributed by atoms with Crippen molar-refractivity contribution in [3.05, 3.63) is 65.2 Å². The van der Waals surface area contributed by atoms with Crippen LogP contribution in [0.1, 0.15) is 5.56 Å². The highest BCUT2D eigenvalue weighted by molar-refractivity contribution is 6.31. The zero-order valence-electron chi connectivity index (χ0n) is 10.4. The molecule has 5 heteroatoms. The zero-order valence-corrected chi connectivity index (χ0v) is 11.1. The second kappa shape index (κ2) is 5.43. The first-order chi connectivity index (χ1) is 9.72. The fraction of sp³-hybridized carbons (Fsp3) is 0.0667. The zero-order chi connectivity index (χ0) is 13.9. The smallest absolute Gasteiger partial charge is 0.224 e. The summed E-state index contributed by atoms with van der Waals surface area (Å²) in [5.41, 5.74) is 1.59. The summed E-state index contributed by atoms with van der Waals surface area (Å²) >= 11 is 5.92. The molecule has 0 atom stereocenters. The molecular weight excluding hydrogens is 279 g/mol. The van der Waals surface area contributed by atoms with Gasteiger partial charge in [0.15, 0.2) is 0 Å². The van der Waals surface area contributed by atoms with Crippen molar-refractivity contribution in [2.24, 2.45) is 0 Å². The summed E-state index contributed by atoms with van der Waals surface area (Å²) < 4.78 is 18.5. The van der Waals surface area contributed by atoms with Gasteiger partial charge in [0.25, 0.3) is 0 Å². The average molecular weight is 289 g/mol. The Labute approximate surface area is 120 Å². The summed E-state index contributed by atoms with van der Waals surface area (Å²) in [6, 6.07) is 11.5. The monoisotopic (exact) mass is 288 g/mol. The molecule has 0 unspecified atom stereocenters. The molecule has 0 saturated heterocycles. The minimum Gasteiger partial charge on any atom is -0.472 e. The number of fused-ring (bicyclic) bond motifs is 1. The molecule has 0 aliphatic carbocycles. The lowest BCUT2D eigenvalue weighted by atomic mass is 10.2. The van der Waals surface area contributed by atoms with Crippen molar-refractivity contribution >= 4 is 22.5 Å². The van der Waals surface area contributed by atoms with Crippen molar-refractivity contribution in [1.82, 2.24) is 9.97 Å². The molecular formula is C15H10ClFN2O. The van der Waals surface area contributed by atoms with Gasteiger partial charge in [0.2, 0.25) is 5.88 Å². The molecule has 3 rings (SSSR count). The van der Waals surface area contributed by atoms with E-state index in [1.807, 2.05) is 6.07 Å². The van der Waals surface area contributed by atoms with E-state index in [2.05, 4.69) is 9.97 Å². The summed E-state index contributed by atoms with van der Waals surface area (Å²) in [7, 11) is 0. The highest BCUT2D eigenvalue weighted by Crippen LogP contribution is 2.24. The summed E-state index contributed by atoms with van der Waals surface area (Å²) in [5, 5.41) is 1.40. The van der Waals surface area contributed by atoms with E-state index >= 15 is 0 Å². The number of rotatable bonds is 3. The Bertz CT molecular complexity index is 746. The first-order valence-electron chi connectivity index (χ1n) is 6.00. The van der Waals surface area contributed by atoms with Crippen molar-refractivity contribution in [1.29, 1.82) is 0 Å². The van der Waals surface area contributed by atoms with Crippen LogP contribution >= 0.6 is 11.6 Å². The highest BCUT2D eigenvalue weighted by atomic mass is 35.5. The summed E-state index contributed by atoms with van der Waals surface area (Å²) in [5.74, 6) is 0.215. The Kier molecular flexibility index (Phi) is 3.48. The van der Waals surface area contributed by atoms with Crippen LogP contribution in [0.15, 0.2) is 48.8 Å². The molecule has 0 fully saturated rings. The Balaban J connectivity index is 1.85. The maximum Gasteiger partial charge on any atom is 0.224 e. The molecule has 2 aromatic carbocycles. The predicted molar refractivity (Wildman–Crippen MR) is 75.3 cm³/mol. The maximum atomic E-state index is 12.8. The van der Waals surface area contributed by atoms with Gasteiger partial charge in [-0.25, -0.2) is 14.4 Å². The molecule has 1 aromatic heterocycles. The van der Waals surface area contributed by atoms with Gasteiger partial charge in [0, 0.05) is 5.02 Å². The van der Waals surface area contributed by atoms with Crippen LogP contribution in [-0.2, 0) is 6.61 Å². The third-order valence-electron chi connectivity index (χ3n) is 2.85. The molecule has 0 radical (unpaired) electrons. The van der Waals surface area contributed by atoms with Crippen molar-refractivity contribution in [3.8, 4) is 5.88 Å². The molecule has 0 spiro atoms. The topological polar surface area (TPSA) is 35.0 Å². The summed E-state index contributed by atoms with van der Waals surface area (Å²) in [4.78, 5) is 8.26. The third kappa shape index (κ3) is 2.70. The maximum absolute atomic E-state index is 12.8. The lowest BCUT2D eigenvalue weighted by Gasteiger charge is -2.08. The number of ether oxygens (including phenoxy) is 1. The third-order valence-corrected chi connectivity index (χ3v) is 3.09. The molecule has 3 aromatic rings. The van der Waals surface area contributed by atoms with Crippen molar-refractivity contribution < 1.29 is 9.13 Å². The van der Waals surface area contributed by atoms with Gasteiger partial charge in [-0.2, -0.15) is 0 Å². The standard InChI is InChI=1S/C15H10ClFN2O/c16-11-3-6-13-14(7-11)18-9-19-15(13)20-8-10-1-4-12(17)5-2-10/h1-7,9H,8H2. The fourth-order valence-corrected chi connectivity index (χ4v) is 2.02. The van der Waals surface area contributed by atoms with Crippen LogP contribution in [0.5, 0.6) is 5.88 Å². The van der Waals surface area contributed by atoms with E-state index in [0.717, 1.165) is 16.5 Å². The number of benzene rings is 2. The first kappa shape index (κ1) is 12.8. The van der Waals surface area contributed by atoms with Crippen LogP contribution in [0.4, 0.5) is 4.39 Å². The second-order valence-corrected chi connectivity index (χ2v) is 4.69. The molecule has 100 valence electrons. The van der Waals surface area contributed by atoms with E-state index in [9.17, 15) is 4.39 Å². The predicted octanol–water partition coefficient (Wildman–Crippen LogP) is 4.00. The fourth-order valence-electron chi connectivity index (χ4n) is 1.85. The van der Waals surface area contributed by atoms with Crippen LogP contribution in [0, 0.1) is 5.82 Å². The Hall–Kier alpha value is -2.20. The quantitative estimate of drug-likeness (QED) is 0.730. The van der Waals surface area contributed by atoms with Gasteiger partial charge in [-0.05, 0) is 35.9 Å². The van der Waals surface area contributed by atoms with Crippen molar-refractivity contribution in [3.63, 3.8) is 0 Å². The average Bonchev–Trinajstić information content (AvgIpc) is 2.46. The molecule has 0 N–H and O–H groups in total. The number of aromatic nitrogens is 2. The lowest BCUT2D eigenvalue weighted by Crippen LogP contribution is -1.98. The van der Waals surface area contributed by atoms with Gasteiger partial charge in [-0.3, -0.25) is 0 Å². The van der Waals surface area contributed by atoms with Crippen LogP contribution in [0.2, 0.25) is 5.02 Å². The molecule has 0 aliphatic rings. The van der Waals surface area contributed by atoms with Gasteiger partial charge >= 0.3 is 0 Å². The Morgan fingerprint density at radius 2 is 1.85 bits per heavy atom. The number of hydrogen-bond acceptors (Lipinski definition) is 3. The van der Waals surface area contributed by atoms with Crippen molar-refractivity contribution in [2.75, 3.05) is 0 Å². The molecule has 20 heavy (non-hydrogen) atoms. The van der Waals surface area contributed by atoms with Gasteiger partial charge in [0.1, 0.15) is 18.8 Å². The Morgan fingerprint density at radius 1 is 1.05 bits per heavy atom. The van der Waals surface area contributed by atoms with E-state index in [-0.39, 0.29) is 5.82 Å². The van der Waals surface area contributed by atoms with Gasteiger partial charge in [-0.1, -0.05) is 23.7 Å². The highest BCUT2D eigenvalue weighted by Gasteiger charge is 2.05. The molecule has 0 saturated carbocycles. The van der Waals surface area contributed by atoms with E-state index < -0.39 is 0 Å². The largest absolute Gasteiger partial charge is 0.472 e. The van der Waals surface area contributed by atoms with E-state index in [1.165, 1.54) is 18.5 Å². The van der Waals surface area contributed by atoms with E-state index in [4.69, 9.17) is 16.3 Å². The number of hydrogen-bond donors (Lipinski definition) is 0. The summed E-state index contributed by atoms with van der Waals surface area (Å²) in [6.45, 7) is 0.315. The van der Waals surface area contributed by atoms with Gasteiger partial charge in [-0.15, -0.1) is 0 Å². The van der Waals surface area contributed by atoms with E-state index in [1.54, 1.807) is 24.3 Å². The molecule has 0 aliphatic heterocycles. The first-order valence-corrected chi connectivity index (χ1v) is 6.38. The van der Waals surface area contributed by atoms with Crippen LogP contribution in [-0.4, -0.2) is 9.97 Å². The Morgan fingerprint density at radius 3 is 2.65 bits per heavy atom. The van der Waals surface area contributed by atoms with Gasteiger partial charge < -0.3 is 4.74 Å². The summed E-state index contributed by atoms with van der Waals surface area (Å²) in [6.07, 6.45) is 1.43. The van der Waals surface area contributed by atoms with E-state index in [0.29, 0.717) is 17.5 Å². The number of nitrogens with zero attached hydrogens (tertiary/aromatic N) is 2. The van der Waals surface area contributed by atoms with Crippen LogP contribution in [0.3, 0.4) is 0 Å². The van der Waals surface area contributed by atoms with Crippen LogP contribution in [0.25, 0.3) is 10.9 Å². The second-order valence-electron chi connectivity index (χ2n) is 4.26. The molecule has 1 heterocycles. The SMILES string of the molecule is Fc1ccc(COc2ncnc3cc(Cl)ccc23)cc1. The normalized spacial score (nSPS) is 10.7. The molecule has 0 bridgehead atoms. The minimum absolute atomic E-state index is 0.268. The molecule has 0 amide bonds. The number of halogens is 2. The van der Waals surface area contributed by atoms with Crippen molar-refractivity contribution in [2.45, 2.75) is 6.61 Å². The minimum atomic E-state index is -0.268. The molecule has 3 nitrogen and oxygen atoms in total. The van der Waals surface area contributed by atoms with Gasteiger partial charge in [0.05, 0.1) is 10.9 Å².